The fourth-order valence-corrected chi connectivity index (χ4v) is 1.34. The Bertz CT molecular complexity index is 196. The number of hydrogen-bond donors (Lipinski definition) is 2. The smallest absolute Gasteiger partial charge is 0.153 e. The molecule has 0 atom stereocenters. The van der Waals surface area contributed by atoms with E-state index in [1.807, 2.05) is 0 Å². The Hall–Kier alpha value is -0.770. The summed E-state index contributed by atoms with van der Waals surface area (Å²) in [5.41, 5.74) is 5.83. The van der Waals surface area contributed by atoms with Crippen molar-refractivity contribution in [2.24, 2.45) is 16.3 Å². The van der Waals surface area contributed by atoms with Gasteiger partial charge in [-0.15, -0.1) is 0 Å². The standard InChI is InChI=1S/C11H25N3O/c1-5-7-14(9-10(12)13-15)8-6-11(2,3)4/h15H,5-9H2,1-4H3,(H2,12,13). The zero-order valence-electron chi connectivity index (χ0n) is 10.5. The van der Waals surface area contributed by atoms with Gasteiger partial charge in [-0.05, 0) is 31.3 Å². The molecular weight excluding hydrogens is 190 g/mol. The molecule has 0 aliphatic rings. The molecule has 0 saturated heterocycles. The van der Waals surface area contributed by atoms with E-state index in [1.54, 1.807) is 0 Å². The molecule has 0 aliphatic heterocycles. The van der Waals surface area contributed by atoms with Gasteiger partial charge in [0, 0.05) is 0 Å². The maximum Gasteiger partial charge on any atom is 0.153 e. The maximum atomic E-state index is 8.52. The summed E-state index contributed by atoms with van der Waals surface area (Å²) in [5, 5.41) is 11.5. The summed E-state index contributed by atoms with van der Waals surface area (Å²) >= 11 is 0. The summed E-state index contributed by atoms with van der Waals surface area (Å²) in [4.78, 5) is 2.22. The van der Waals surface area contributed by atoms with Gasteiger partial charge >= 0.3 is 0 Å². The highest BCUT2D eigenvalue weighted by Gasteiger charge is 2.13. The van der Waals surface area contributed by atoms with Crippen LogP contribution in [0.4, 0.5) is 0 Å². The molecule has 90 valence electrons. The van der Waals surface area contributed by atoms with Crippen LogP contribution in [0.2, 0.25) is 0 Å². The zero-order valence-corrected chi connectivity index (χ0v) is 10.5. The third-order valence-corrected chi connectivity index (χ3v) is 2.23. The third-order valence-electron chi connectivity index (χ3n) is 2.23. The fraction of sp³-hybridized carbons (Fsp3) is 0.909. The SMILES string of the molecule is CCCN(CCC(C)(C)C)CC(N)=NO. The van der Waals surface area contributed by atoms with E-state index in [0.29, 0.717) is 12.0 Å². The van der Waals surface area contributed by atoms with Crippen LogP contribution < -0.4 is 5.73 Å². The van der Waals surface area contributed by atoms with Gasteiger partial charge in [0.15, 0.2) is 5.84 Å². The number of amidine groups is 1. The number of nitrogens with zero attached hydrogens (tertiary/aromatic N) is 2. The highest BCUT2D eigenvalue weighted by atomic mass is 16.4. The summed E-state index contributed by atoms with van der Waals surface area (Å²) in [6, 6.07) is 0. The summed E-state index contributed by atoms with van der Waals surface area (Å²) in [6.07, 6.45) is 2.20. The van der Waals surface area contributed by atoms with Crippen LogP contribution in [0.25, 0.3) is 0 Å². The summed E-state index contributed by atoms with van der Waals surface area (Å²) < 4.78 is 0. The van der Waals surface area contributed by atoms with Crippen LogP contribution >= 0.6 is 0 Å². The highest BCUT2D eigenvalue weighted by molar-refractivity contribution is 5.81. The van der Waals surface area contributed by atoms with Crippen molar-refractivity contribution in [2.75, 3.05) is 19.6 Å². The summed E-state index contributed by atoms with van der Waals surface area (Å²) in [7, 11) is 0. The highest BCUT2D eigenvalue weighted by Crippen LogP contribution is 2.18. The quantitative estimate of drug-likeness (QED) is 0.308. The van der Waals surface area contributed by atoms with E-state index in [9.17, 15) is 0 Å². The van der Waals surface area contributed by atoms with E-state index in [-0.39, 0.29) is 5.84 Å². The molecule has 0 fully saturated rings. The van der Waals surface area contributed by atoms with Crippen LogP contribution in [0.15, 0.2) is 5.16 Å². The lowest BCUT2D eigenvalue weighted by Crippen LogP contribution is -2.36. The first-order valence-electron chi connectivity index (χ1n) is 5.58. The van der Waals surface area contributed by atoms with Gasteiger partial charge in [0.25, 0.3) is 0 Å². The van der Waals surface area contributed by atoms with Gasteiger partial charge in [-0.25, -0.2) is 0 Å². The summed E-state index contributed by atoms with van der Waals surface area (Å²) in [6.45, 7) is 11.3. The molecule has 0 aromatic heterocycles. The third kappa shape index (κ3) is 8.24. The van der Waals surface area contributed by atoms with Gasteiger partial charge in [0.05, 0.1) is 6.54 Å². The lowest BCUT2D eigenvalue weighted by Gasteiger charge is -2.25. The van der Waals surface area contributed by atoms with Crippen molar-refractivity contribution < 1.29 is 5.21 Å². The van der Waals surface area contributed by atoms with Gasteiger partial charge in [0.2, 0.25) is 0 Å². The molecule has 0 aromatic rings. The normalized spacial score (nSPS) is 13.5. The first-order valence-corrected chi connectivity index (χ1v) is 5.58. The Labute approximate surface area is 93.1 Å². The molecule has 0 bridgehead atoms. The Kier molecular flexibility index (Phi) is 6.32. The van der Waals surface area contributed by atoms with E-state index in [4.69, 9.17) is 10.9 Å². The van der Waals surface area contributed by atoms with Crippen molar-refractivity contribution in [1.82, 2.24) is 4.90 Å². The average Bonchev–Trinajstić information content (AvgIpc) is 2.13. The minimum absolute atomic E-state index is 0.289. The molecule has 15 heavy (non-hydrogen) atoms. The Morgan fingerprint density at radius 1 is 1.33 bits per heavy atom. The van der Waals surface area contributed by atoms with Gasteiger partial charge in [-0.2, -0.15) is 0 Å². The predicted molar refractivity (Wildman–Crippen MR) is 64.2 cm³/mol. The van der Waals surface area contributed by atoms with Crippen LogP contribution in [0.1, 0.15) is 40.5 Å². The van der Waals surface area contributed by atoms with Crippen molar-refractivity contribution in [3.8, 4) is 0 Å². The van der Waals surface area contributed by atoms with Crippen molar-refractivity contribution in [3.05, 3.63) is 0 Å². The van der Waals surface area contributed by atoms with E-state index in [0.717, 1.165) is 25.9 Å². The average molecular weight is 215 g/mol. The molecule has 0 aromatic carbocycles. The molecule has 0 radical (unpaired) electrons. The molecular formula is C11H25N3O. The number of oxime groups is 1. The largest absolute Gasteiger partial charge is 0.409 e. The van der Waals surface area contributed by atoms with Gasteiger partial charge in [-0.1, -0.05) is 32.9 Å². The van der Waals surface area contributed by atoms with Crippen molar-refractivity contribution in [3.63, 3.8) is 0 Å². The second kappa shape index (κ2) is 6.67. The van der Waals surface area contributed by atoms with Crippen molar-refractivity contribution in [1.29, 1.82) is 0 Å². The minimum atomic E-state index is 0.289. The molecule has 3 N–H and O–H groups in total. The van der Waals surface area contributed by atoms with Crippen LogP contribution in [0.3, 0.4) is 0 Å². The molecule has 0 amide bonds. The van der Waals surface area contributed by atoms with Crippen LogP contribution in [-0.4, -0.2) is 35.6 Å². The first-order chi connectivity index (χ1) is 6.89. The van der Waals surface area contributed by atoms with E-state index < -0.39 is 0 Å². The maximum absolute atomic E-state index is 8.52. The van der Waals surface area contributed by atoms with E-state index in [1.165, 1.54) is 0 Å². The molecule has 4 heteroatoms. The molecule has 0 rings (SSSR count). The second-order valence-electron chi connectivity index (χ2n) is 5.18. The van der Waals surface area contributed by atoms with Gasteiger partial charge in [-0.3, -0.25) is 4.90 Å². The predicted octanol–water partition coefficient (Wildman–Crippen LogP) is 1.88. The molecule has 4 nitrogen and oxygen atoms in total. The fourth-order valence-electron chi connectivity index (χ4n) is 1.34. The van der Waals surface area contributed by atoms with Gasteiger partial charge in [0.1, 0.15) is 0 Å². The van der Waals surface area contributed by atoms with E-state index in [2.05, 4.69) is 37.8 Å². The van der Waals surface area contributed by atoms with Crippen LogP contribution in [0, 0.1) is 5.41 Å². The first kappa shape index (κ1) is 14.2. The van der Waals surface area contributed by atoms with Crippen LogP contribution in [0.5, 0.6) is 0 Å². The molecule has 0 saturated carbocycles. The van der Waals surface area contributed by atoms with Crippen LogP contribution in [-0.2, 0) is 0 Å². The number of nitrogens with two attached hydrogens (primary N) is 1. The lowest BCUT2D eigenvalue weighted by atomic mass is 9.92. The second-order valence-corrected chi connectivity index (χ2v) is 5.18. The Morgan fingerprint density at radius 3 is 2.33 bits per heavy atom. The lowest BCUT2D eigenvalue weighted by molar-refractivity contribution is 0.246. The number of hydrogen-bond acceptors (Lipinski definition) is 3. The Morgan fingerprint density at radius 2 is 1.93 bits per heavy atom. The van der Waals surface area contributed by atoms with E-state index >= 15 is 0 Å². The minimum Gasteiger partial charge on any atom is -0.409 e. The molecule has 0 spiro atoms. The monoisotopic (exact) mass is 215 g/mol. The van der Waals surface area contributed by atoms with Crippen molar-refractivity contribution in [2.45, 2.75) is 40.5 Å². The topological polar surface area (TPSA) is 61.8 Å². The number of rotatable bonds is 6. The summed E-state index contributed by atoms with van der Waals surface area (Å²) in [5.74, 6) is 0.289. The Balaban J connectivity index is 4.04. The molecule has 0 unspecified atom stereocenters. The van der Waals surface area contributed by atoms with Crippen molar-refractivity contribution >= 4 is 5.84 Å². The molecule has 0 heterocycles. The van der Waals surface area contributed by atoms with Gasteiger partial charge < -0.3 is 10.9 Å². The molecule has 0 aliphatic carbocycles. The zero-order chi connectivity index (χ0) is 11.9.